The van der Waals surface area contributed by atoms with Crippen LogP contribution in [0.3, 0.4) is 0 Å². The Labute approximate surface area is 106 Å². The monoisotopic (exact) mass is 251 g/mol. The van der Waals surface area contributed by atoms with Crippen molar-refractivity contribution in [3.05, 3.63) is 41.7 Å². The Hall–Kier alpha value is -1.68. The molecule has 1 amide bonds. The molecule has 0 heterocycles. The molecule has 0 aliphatic carbocycles. The van der Waals surface area contributed by atoms with Crippen molar-refractivity contribution in [1.29, 1.82) is 0 Å². The molecule has 0 spiro atoms. The fourth-order valence-corrected chi connectivity index (χ4v) is 1.43. The minimum Gasteiger partial charge on any atom is -0.394 e. The largest absolute Gasteiger partial charge is 0.394 e. The van der Waals surface area contributed by atoms with Crippen molar-refractivity contribution in [3.63, 3.8) is 0 Å². The van der Waals surface area contributed by atoms with Crippen LogP contribution in [0, 0.1) is 11.7 Å². The zero-order chi connectivity index (χ0) is 13.5. The summed E-state index contributed by atoms with van der Waals surface area (Å²) in [4.78, 5) is 11.6. The molecule has 1 unspecified atom stereocenters. The van der Waals surface area contributed by atoms with Gasteiger partial charge in [0.25, 0.3) is 0 Å². The van der Waals surface area contributed by atoms with Crippen LogP contribution in [0.4, 0.5) is 4.39 Å². The third-order valence-corrected chi connectivity index (χ3v) is 2.65. The van der Waals surface area contributed by atoms with Crippen LogP contribution in [-0.2, 0) is 4.79 Å². The third-order valence-electron chi connectivity index (χ3n) is 2.65. The normalized spacial score (nSPS) is 12.9. The van der Waals surface area contributed by atoms with Gasteiger partial charge in [-0.1, -0.05) is 32.0 Å². The molecular weight excluding hydrogens is 233 g/mol. The van der Waals surface area contributed by atoms with Crippen LogP contribution in [0.5, 0.6) is 0 Å². The van der Waals surface area contributed by atoms with E-state index in [4.69, 9.17) is 5.11 Å². The molecule has 1 atom stereocenters. The highest BCUT2D eigenvalue weighted by Crippen LogP contribution is 2.08. The summed E-state index contributed by atoms with van der Waals surface area (Å²) in [6, 6.07) is 5.93. The number of nitrogens with one attached hydrogen (secondary N) is 1. The number of halogens is 1. The Morgan fingerprint density at radius 1 is 1.44 bits per heavy atom. The van der Waals surface area contributed by atoms with E-state index in [9.17, 15) is 9.18 Å². The van der Waals surface area contributed by atoms with E-state index in [1.165, 1.54) is 18.2 Å². The van der Waals surface area contributed by atoms with Crippen molar-refractivity contribution in [3.8, 4) is 0 Å². The van der Waals surface area contributed by atoms with Gasteiger partial charge in [0.15, 0.2) is 0 Å². The molecule has 1 rings (SSSR count). The molecule has 1 aromatic carbocycles. The van der Waals surface area contributed by atoms with Crippen LogP contribution in [0.15, 0.2) is 30.3 Å². The van der Waals surface area contributed by atoms with Gasteiger partial charge in [0.1, 0.15) is 5.82 Å². The molecule has 1 aromatic rings. The molecule has 0 aliphatic rings. The van der Waals surface area contributed by atoms with Crippen LogP contribution in [-0.4, -0.2) is 23.7 Å². The Morgan fingerprint density at radius 2 is 2.11 bits per heavy atom. The number of hydrogen-bond donors (Lipinski definition) is 2. The number of hydrogen-bond acceptors (Lipinski definition) is 2. The zero-order valence-electron chi connectivity index (χ0n) is 10.6. The van der Waals surface area contributed by atoms with E-state index in [-0.39, 0.29) is 30.3 Å². The van der Waals surface area contributed by atoms with Gasteiger partial charge in [0.2, 0.25) is 5.91 Å². The van der Waals surface area contributed by atoms with Gasteiger partial charge < -0.3 is 10.4 Å². The van der Waals surface area contributed by atoms with Crippen molar-refractivity contribution in [2.45, 2.75) is 19.9 Å². The predicted octanol–water partition coefficient (Wildman–Crippen LogP) is 1.97. The maximum atomic E-state index is 13.3. The van der Waals surface area contributed by atoms with E-state index in [0.29, 0.717) is 5.56 Å². The van der Waals surface area contributed by atoms with Gasteiger partial charge in [-0.3, -0.25) is 4.79 Å². The van der Waals surface area contributed by atoms with Crippen LogP contribution in [0.25, 0.3) is 6.08 Å². The van der Waals surface area contributed by atoms with Crippen molar-refractivity contribution in [2.75, 3.05) is 6.61 Å². The second kappa shape index (κ2) is 6.91. The molecule has 0 saturated heterocycles. The quantitative estimate of drug-likeness (QED) is 0.786. The summed E-state index contributed by atoms with van der Waals surface area (Å²) in [6.45, 7) is 3.69. The minimum absolute atomic E-state index is 0.114. The molecule has 98 valence electrons. The minimum atomic E-state index is -0.371. The first-order valence-electron chi connectivity index (χ1n) is 5.88. The van der Waals surface area contributed by atoms with E-state index >= 15 is 0 Å². The first-order valence-corrected chi connectivity index (χ1v) is 5.88. The summed E-state index contributed by atoms with van der Waals surface area (Å²) in [6.07, 6.45) is 2.68. The topological polar surface area (TPSA) is 49.3 Å². The first-order chi connectivity index (χ1) is 8.54. The lowest BCUT2D eigenvalue weighted by Crippen LogP contribution is -2.40. The second-order valence-corrected chi connectivity index (χ2v) is 4.40. The van der Waals surface area contributed by atoms with Crippen LogP contribution in [0.1, 0.15) is 19.4 Å². The SMILES string of the molecule is CC(C)C(CO)NC(=O)C=Cc1ccccc1F. The summed E-state index contributed by atoms with van der Waals surface area (Å²) in [5.41, 5.74) is 0.359. The number of aliphatic hydroxyl groups is 1. The molecule has 0 radical (unpaired) electrons. The lowest BCUT2D eigenvalue weighted by molar-refractivity contribution is -0.117. The van der Waals surface area contributed by atoms with Gasteiger partial charge in [-0.2, -0.15) is 0 Å². The third kappa shape index (κ3) is 4.30. The molecule has 3 nitrogen and oxygen atoms in total. The smallest absolute Gasteiger partial charge is 0.244 e. The molecule has 2 N–H and O–H groups in total. The maximum absolute atomic E-state index is 13.3. The van der Waals surface area contributed by atoms with E-state index in [1.807, 2.05) is 13.8 Å². The molecule has 0 aliphatic heterocycles. The molecule has 0 bridgehead atoms. The summed E-state index contributed by atoms with van der Waals surface area (Å²) >= 11 is 0. The summed E-state index contributed by atoms with van der Waals surface area (Å²) in [5.74, 6) is -0.573. The first kappa shape index (κ1) is 14.4. The Kier molecular flexibility index (Phi) is 5.52. The fraction of sp³-hybridized carbons (Fsp3) is 0.357. The highest BCUT2D eigenvalue weighted by Gasteiger charge is 2.13. The summed E-state index contributed by atoms with van der Waals surface area (Å²) < 4.78 is 13.3. The van der Waals surface area contributed by atoms with E-state index < -0.39 is 0 Å². The van der Waals surface area contributed by atoms with Gasteiger partial charge >= 0.3 is 0 Å². The highest BCUT2D eigenvalue weighted by molar-refractivity contribution is 5.91. The van der Waals surface area contributed by atoms with Crippen molar-refractivity contribution >= 4 is 12.0 Å². The Balaban J connectivity index is 2.62. The number of aliphatic hydroxyl groups excluding tert-OH is 1. The predicted molar refractivity (Wildman–Crippen MR) is 69.3 cm³/mol. The average Bonchev–Trinajstić information content (AvgIpc) is 2.34. The second-order valence-electron chi connectivity index (χ2n) is 4.40. The van der Waals surface area contributed by atoms with Crippen molar-refractivity contribution < 1.29 is 14.3 Å². The van der Waals surface area contributed by atoms with Gasteiger partial charge in [0, 0.05) is 11.6 Å². The molecular formula is C14H18FNO2. The average molecular weight is 251 g/mol. The lowest BCUT2D eigenvalue weighted by Gasteiger charge is -2.18. The van der Waals surface area contributed by atoms with E-state index in [2.05, 4.69) is 5.32 Å². The Bertz CT molecular complexity index is 430. The molecule has 4 heteroatoms. The summed E-state index contributed by atoms with van der Waals surface area (Å²) in [5, 5.41) is 11.7. The van der Waals surface area contributed by atoms with Gasteiger partial charge in [-0.05, 0) is 18.1 Å². The van der Waals surface area contributed by atoms with Gasteiger partial charge in [0.05, 0.1) is 12.6 Å². The summed E-state index contributed by atoms with van der Waals surface area (Å²) in [7, 11) is 0. The highest BCUT2D eigenvalue weighted by atomic mass is 19.1. The molecule has 18 heavy (non-hydrogen) atoms. The number of amides is 1. The van der Waals surface area contributed by atoms with Crippen molar-refractivity contribution in [1.82, 2.24) is 5.32 Å². The lowest BCUT2D eigenvalue weighted by atomic mass is 10.1. The van der Waals surface area contributed by atoms with Crippen molar-refractivity contribution in [2.24, 2.45) is 5.92 Å². The molecule has 0 saturated carbocycles. The van der Waals surface area contributed by atoms with E-state index in [1.54, 1.807) is 18.2 Å². The standard InChI is InChI=1S/C14H18FNO2/c1-10(2)13(9-17)16-14(18)8-7-11-5-3-4-6-12(11)15/h3-8,10,13,17H,9H2,1-2H3,(H,16,18). The maximum Gasteiger partial charge on any atom is 0.244 e. The van der Waals surface area contributed by atoms with Crippen LogP contribution in [0.2, 0.25) is 0 Å². The number of carbonyl (C=O) groups excluding carboxylic acids is 1. The van der Waals surface area contributed by atoms with Crippen LogP contribution < -0.4 is 5.32 Å². The van der Waals surface area contributed by atoms with Gasteiger partial charge in [-0.15, -0.1) is 0 Å². The molecule has 0 aromatic heterocycles. The van der Waals surface area contributed by atoms with Crippen LogP contribution >= 0.6 is 0 Å². The number of rotatable bonds is 5. The number of benzene rings is 1. The van der Waals surface area contributed by atoms with Gasteiger partial charge in [-0.25, -0.2) is 4.39 Å². The fourth-order valence-electron chi connectivity index (χ4n) is 1.43. The molecule has 0 fully saturated rings. The number of carbonyl (C=O) groups is 1. The Morgan fingerprint density at radius 3 is 2.67 bits per heavy atom. The zero-order valence-corrected chi connectivity index (χ0v) is 10.6. The van der Waals surface area contributed by atoms with E-state index in [0.717, 1.165) is 0 Å².